The highest BCUT2D eigenvalue weighted by atomic mass is 32.1. The van der Waals surface area contributed by atoms with Crippen LogP contribution in [0.15, 0.2) is 28.2 Å². The number of esters is 1. The molecule has 2 aromatic heterocycles. The Labute approximate surface area is 120 Å². The molecule has 7 heteroatoms. The number of carbonyl (C=O) groups excluding carboxylic acids is 2. The lowest BCUT2D eigenvalue weighted by atomic mass is 10.4. The van der Waals surface area contributed by atoms with Crippen LogP contribution in [0.2, 0.25) is 0 Å². The van der Waals surface area contributed by atoms with Crippen LogP contribution in [0.5, 0.6) is 0 Å². The minimum Gasteiger partial charge on any atom is -0.465 e. The predicted octanol–water partition coefficient (Wildman–Crippen LogP) is 2.04. The van der Waals surface area contributed by atoms with Gasteiger partial charge in [-0.2, -0.15) is 0 Å². The number of aromatic nitrogens is 1. The maximum absolute atomic E-state index is 12.1. The maximum atomic E-state index is 12.1. The molecule has 0 saturated heterocycles. The first-order valence-corrected chi connectivity index (χ1v) is 6.90. The van der Waals surface area contributed by atoms with Gasteiger partial charge in [-0.1, -0.05) is 0 Å². The zero-order valence-electron chi connectivity index (χ0n) is 11.2. The fourth-order valence-corrected chi connectivity index (χ4v) is 2.31. The van der Waals surface area contributed by atoms with E-state index in [0.717, 1.165) is 0 Å². The molecular formula is C13H14N2O4S. The van der Waals surface area contributed by atoms with E-state index < -0.39 is 5.97 Å². The molecule has 2 rings (SSSR count). The number of furan rings is 1. The minimum atomic E-state index is -0.440. The molecule has 0 fully saturated rings. The topological polar surface area (TPSA) is 72.6 Å². The molecule has 0 aliphatic rings. The van der Waals surface area contributed by atoms with Crippen molar-refractivity contribution in [2.45, 2.75) is 6.92 Å². The van der Waals surface area contributed by atoms with Crippen LogP contribution in [0, 0.1) is 0 Å². The molecule has 106 valence electrons. The van der Waals surface area contributed by atoms with E-state index in [1.54, 1.807) is 30.7 Å². The standard InChI is InChI=1S/C13H14N2O4S/c1-3-18-11(16)7-15(2)13(17)9-8-20-12(14-9)10-5-4-6-19-10/h4-6,8H,3,7H2,1-2H3. The zero-order valence-corrected chi connectivity index (χ0v) is 12.0. The van der Waals surface area contributed by atoms with Gasteiger partial charge in [0.2, 0.25) is 0 Å². The first-order chi connectivity index (χ1) is 9.61. The van der Waals surface area contributed by atoms with Gasteiger partial charge >= 0.3 is 5.97 Å². The van der Waals surface area contributed by atoms with Crippen LogP contribution in [0.3, 0.4) is 0 Å². The molecule has 6 nitrogen and oxygen atoms in total. The third kappa shape index (κ3) is 3.24. The summed E-state index contributed by atoms with van der Waals surface area (Å²) in [5.41, 5.74) is 0.285. The Bertz CT molecular complexity index is 591. The van der Waals surface area contributed by atoms with Crippen molar-refractivity contribution in [1.82, 2.24) is 9.88 Å². The van der Waals surface area contributed by atoms with E-state index in [2.05, 4.69) is 4.98 Å². The summed E-state index contributed by atoms with van der Waals surface area (Å²) in [5.74, 6) is -0.154. The van der Waals surface area contributed by atoms with Crippen LogP contribution in [0.25, 0.3) is 10.8 Å². The Morgan fingerprint density at radius 1 is 1.50 bits per heavy atom. The first kappa shape index (κ1) is 14.3. The van der Waals surface area contributed by atoms with E-state index in [0.29, 0.717) is 17.4 Å². The number of ether oxygens (including phenoxy) is 1. The van der Waals surface area contributed by atoms with Crippen molar-refractivity contribution >= 4 is 23.2 Å². The number of hydrogen-bond donors (Lipinski definition) is 0. The van der Waals surface area contributed by atoms with Crippen LogP contribution in [-0.4, -0.2) is 42.0 Å². The van der Waals surface area contributed by atoms with Gasteiger partial charge < -0.3 is 14.1 Å². The van der Waals surface area contributed by atoms with E-state index in [1.807, 2.05) is 0 Å². The quantitative estimate of drug-likeness (QED) is 0.789. The summed E-state index contributed by atoms with van der Waals surface area (Å²) in [6.07, 6.45) is 1.55. The molecule has 1 amide bonds. The van der Waals surface area contributed by atoms with E-state index in [4.69, 9.17) is 9.15 Å². The van der Waals surface area contributed by atoms with Gasteiger partial charge in [0, 0.05) is 12.4 Å². The van der Waals surface area contributed by atoms with Gasteiger partial charge in [-0.15, -0.1) is 11.3 Å². The molecule has 0 radical (unpaired) electrons. The van der Waals surface area contributed by atoms with E-state index >= 15 is 0 Å². The van der Waals surface area contributed by atoms with Crippen LogP contribution in [-0.2, 0) is 9.53 Å². The molecule has 0 spiro atoms. The van der Waals surface area contributed by atoms with Crippen LogP contribution >= 0.6 is 11.3 Å². The molecule has 0 N–H and O–H groups in total. The SMILES string of the molecule is CCOC(=O)CN(C)C(=O)c1csc(-c2ccco2)n1. The predicted molar refractivity (Wildman–Crippen MR) is 73.4 cm³/mol. The van der Waals surface area contributed by atoms with Gasteiger partial charge in [0.25, 0.3) is 5.91 Å². The highest BCUT2D eigenvalue weighted by molar-refractivity contribution is 7.13. The van der Waals surface area contributed by atoms with Crippen molar-refractivity contribution in [3.8, 4) is 10.8 Å². The van der Waals surface area contributed by atoms with Gasteiger partial charge in [0.15, 0.2) is 10.8 Å². The zero-order chi connectivity index (χ0) is 14.5. The summed E-state index contributed by atoms with van der Waals surface area (Å²) in [6.45, 7) is 1.91. The lowest BCUT2D eigenvalue weighted by Crippen LogP contribution is -2.33. The van der Waals surface area contributed by atoms with Crippen molar-refractivity contribution in [3.05, 3.63) is 29.5 Å². The van der Waals surface area contributed by atoms with Crippen molar-refractivity contribution in [2.75, 3.05) is 20.2 Å². The second-order valence-electron chi connectivity index (χ2n) is 3.98. The molecule has 0 unspecified atom stereocenters. The van der Waals surface area contributed by atoms with E-state index in [1.165, 1.54) is 23.3 Å². The first-order valence-electron chi connectivity index (χ1n) is 6.02. The average Bonchev–Trinajstić information content (AvgIpc) is 3.08. The summed E-state index contributed by atoms with van der Waals surface area (Å²) >= 11 is 1.31. The Balaban J connectivity index is 2.04. The molecule has 0 bridgehead atoms. The minimum absolute atomic E-state index is 0.0969. The molecule has 0 atom stereocenters. The van der Waals surface area contributed by atoms with Gasteiger partial charge in [-0.3, -0.25) is 9.59 Å². The lowest BCUT2D eigenvalue weighted by Gasteiger charge is -2.14. The van der Waals surface area contributed by atoms with Gasteiger partial charge in [-0.25, -0.2) is 4.98 Å². The van der Waals surface area contributed by atoms with E-state index in [9.17, 15) is 9.59 Å². The molecule has 0 aliphatic carbocycles. The van der Waals surface area contributed by atoms with Gasteiger partial charge in [0.05, 0.1) is 12.9 Å². The summed E-state index contributed by atoms with van der Waals surface area (Å²) in [5, 5.41) is 2.27. The number of likely N-dealkylation sites (N-methyl/N-ethyl adjacent to an activating group) is 1. The van der Waals surface area contributed by atoms with Crippen molar-refractivity contribution < 1.29 is 18.7 Å². The van der Waals surface area contributed by atoms with Crippen molar-refractivity contribution in [1.29, 1.82) is 0 Å². The van der Waals surface area contributed by atoms with Crippen LogP contribution in [0.4, 0.5) is 0 Å². The highest BCUT2D eigenvalue weighted by Gasteiger charge is 2.19. The number of rotatable bonds is 5. The number of amides is 1. The lowest BCUT2D eigenvalue weighted by molar-refractivity contribution is -0.143. The summed E-state index contributed by atoms with van der Waals surface area (Å²) in [6, 6.07) is 3.53. The highest BCUT2D eigenvalue weighted by Crippen LogP contribution is 2.24. The molecule has 2 heterocycles. The fourth-order valence-electron chi connectivity index (χ4n) is 1.55. The Morgan fingerprint density at radius 3 is 2.95 bits per heavy atom. The van der Waals surface area contributed by atoms with Crippen molar-refractivity contribution in [3.63, 3.8) is 0 Å². The molecule has 20 heavy (non-hydrogen) atoms. The molecular weight excluding hydrogens is 280 g/mol. The third-order valence-electron chi connectivity index (χ3n) is 2.47. The Kier molecular flexibility index (Phi) is 4.52. The summed E-state index contributed by atoms with van der Waals surface area (Å²) in [4.78, 5) is 28.9. The molecule has 0 aromatic carbocycles. The summed E-state index contributed by atoms with van der Waals surface area (Å²) in [7, 11) is 1.53. The number of carbonyl (C=O) groups is 2. The largest absolute Gasteiger partial charge is 0.465 e. The monoisotopic (exact) mass is 294 g/mol. The summed E-state index contributed by atoms with van der Waals surface area (Å²) < 4.78 is 10.0. The maximum Gasteiger partial charge on any atom is 0.325 e. The normalized spacial score (nSPS) is 10.3. The van der Waals surface area contributed by atoms with E-state index in [-0.39, 0.29) is 18.1 Å². The third-order valence-corrected chi connectivity index (χ3v) is 3.33. The number of thiazole rings is 1. The Hall–Kier alpha value is -2.15. The Morgan fingerprint density at radius 2 is 2.30 bits per heavy atom. The van der Waals surface area contributed by atoms with Crippen LogP contribution < -0.4 is 0 Å². The van der Waals surface area contributed by atoms with Crippen molar-refractivity contribution in [2.24, 2.45) is 0 Å². The van der Waals surface area contributed by atoms with Gasteiger partial charge in [-0.05, 0) is 19.1 Å². The average molecular weight is 294 g/mol. The number of nitrogens with zero attached hydrogens (tertiary/aromatic N) is 2. The smallest absolute Gasteiger partial charge is 0.325 e. The van der Waals surface area contributed by atoms with Gasteiger partial charge in [0.1, 0.15) is 12.2 Å². The molecule has 2 aromatic rings. The number of hydrogen-bond acceptors (Lipinski definition) is 6. The molecule has 0 aliphatic heterocycles. The molecule has 0 saturated carbocycles. The van der Waals surface area contributed by atoms with Crippen LogP contribution in [0.1, 0.15) is 17.4 Å². The second-order valence-corrected chi connectivity index (χ2v) is 4.84. The fraction of sp³-hybridized carbons (Fsp3) is 0.308. The second kappa shape index (κ2) is 6.33.